The van der Waals surface area contributed by atoms with E-state index < -0.39 is 0 Å². The van der Waals surface area contributed by atoms with E-state index in [0.29, 0.717) is 26.2 Å². The van der Waals surface area contributed by atoms with Gasteiger partial charge < -0.3 is 19.4 Å². The van der Waals surface area contributed by atoms with Crippen molar-refractivity contribution < 1.29 is 14.3 Å². The van der Waals surface area contributed by atoms with Gasteiger partial charge in [0.05, 0.1) is 13.2 Å². The lowest BCUT2D eigenvalue weighted by Crippen LogP contribution is -2.28. The van der Waals surface area contributed by atoms with Crippen molar-refractivity contribution in [2.45, 2.75) is 32.7 Å². The number of para-hydroxylation sites is 1. The molecule has 3 aromatic carbocycles. The lowest BCUT2D eigenvalue weighted by atomic mass is 9.88. The molecule has 0 bridgehead atoms. The van der Waals surface area contributed by atoms with E-state index in [4.69, 9.17) is 9.47 Å². The van der Waals surface area contributed by atoms with Crippen LogP contribution in [0, 0.1) is 6.92 Å². The SMILES string of the molecule is CCOc1ccc([C@H](CC(=O)NCCOC)c2cn(Cc3ccc(C)cc3)c3ccccc23)cc1. The maximum Gasteiger partial charge on any atom is 0.221 e. The number of carbonyl (C=O) groups is 1. The van der Waals surface area contributed by atoms with Crippen molar-refractivity contribution in [2.75, 3.05) is 26.9 Å². The van der Waals surface area contributed by atoms with Crippen LogP contribution in [-0.4, -0.2) is 37.3 Å². The Bertz CT molecular complexity index is 1240. The van der Waals surface area contributed by atoms with Crippen LogP contribution in [0.3, 0.4) is 0 Å². The van der Waals surface area contributed by atoms with Gasteiger partial charge in [0.15, 0.2) is 0 Å². The van der Waals surface area contributed by atoms with Crippen molar-refractivity contribution in [1.82, 2.24) is 9.88 Å². The smallest absolute Gasteiger partial charge is 0.221 e. The second-order valence-corrected chi connectivity index (χ2v) is 8.82. The molecule has 5 nitrogen and oxygen atoms in total. The summed E-state index contributed by atoms with van der Waals surface area (Å²) in [5.74, 6) is 0.759. The van der Waals surface area contributed by atoms with Gasteiger partial charge in [-0.2, -0.15) is 0 Å². The maximum atomic E-state index is 12.9. The van der Waals surface area contributed by atoms with Gasteiger partial charge >= 0.3 is 0 Å². The van der Waals surface area contributed by atoms with Gasteiger partial charge in [0, 0.05) is 49.6 Å². The second kappa shape index (κ2) is 11.7. The Labute approximate surface area is 207 Å². The van der Waals surface area contributed by atoms with Crippen LogP contribution in [0.2, 0.25) is 0 Å². The summed E-state index contributed by atoms with van der Waals surface area (Å²) in [5.41, 5.74) is 5.91. The molecule has 0 aliphatic rings. The predicted octanol–water partition coefficient (Wildman–Crippen LogP) is 5.68. The summed E-state index contributed by atoms with van der Waals surface area (Å²) < 4.78 is 13.0. The average molecular weight is 471 g/mol. The first kappa shape index (κ1) is 24.6. The van der Waals surface area contributed by atoms with Gasteiger partial charge in [0.2, 0.25) is 5.91 Å². The van der Waals surface area contributed by atoms with Crippen LogP contribution in [0.1, 0.15) is 41.5 Å². The molecule has 0 spiro atoms. The van der Waals surface area contributed by atoms with Gasteiger partial charge in [-0.15, -0.1) is 0 Å². The lowest BCUT2D eigenvalue weighted by Gasteiger charge is -2.18. The number of ether oxygens (including phenoxy) is 2. The molecule has 0 radical (unpaired) electrons. The summed E-state index contributed by atoms with van der Waals surface area (Å²) in [6.07, 6.45) is 2.57. The fourth-order valence-corrected chi connectivity index (χ4v) is 4.49. The number of carbonyl (C=O) groups excluding carboxylic acids is 1. The Kier molecular flexibility index (Phi) is 8.22. The van der Waals surface area contributed by atoms with Gasteiger partial charge in [-0.05, 0) is 48.7 Å². The van der Waals surface area contributed by atoms with Crippen LogP contribution in [0.15, 0.2) is 79.0 Å². The molecule has 1 heterocycles. The topological polar surface area (TPSA) is 52.5 Å². The average Bonchev–Trinajstić information content (AvgIpc) is 3.23. The third kappa shape index (κ3) is 6.11. The number of nitrogens with one attached hydrogen (secondary N) is 1. The summed E-state index contributed by atoms with van der Waals surface area (Å²) in [4.78, 5) is 12.9. The number of benzene rings is 3. The monoisotopic (exact) mass is 470 g/mol. The quantitative estimate of drug-likeness (QED) is 0.287. The molecular weight excluding hydrogens is 436 g/mol. The van der Waals surface area contributed by atoms with Gasteiger partial charge in [-0.1, -0.05) is 60.2 Å². The highest BCUT2D eigenvalue weighted by Gasteiger charge is 2.23. The van der Waals surface area contributed by atoms with Crippen LogP contribution in [0.5, 0.6) is 5.75 Å². The van der Waals surface area contributed by atoms with Gasteiger partial charge in [-0.25, -0.2) is 0 Å². The maximum absolute atomic E-state index is 12.9. The molecule has 0 saturated carbocycles. The molecule has 35 heavy (non-hydrogen) atoms. The highest BCUT2D eigenvalue weighted by Crippen LogP contribution is 2.35. The van der Waals surface area contributed by atoms with Crippen molar-refractivity contribution >= 4 is 16.8 Å². The van der Waals surface area contributed by atoms with E-state index in [9.17, 15) is 4.79 Å². The molecule has 0 aliphatic carbocycles. The Morgan fingerprint density at radius 2 is 1.74 bits per heavy atom. The molecule has 1 N–H and O–H groups in total. The van der Waals surface area contributed by atoms with Crippen LogP contribution in [0.25, 0.3) is 10.9 Å². The molecule has 0 saturated heterocycles. The van der Waals surface area contributed by atoms with Gasteiger partial charge in [0.1, 0.15) is 5.75 Å². The third-order valence-electron chi connectivity index (χ3n) is 6.28. The summed E-state index contributed by atoms with van der Waals surface area (Å²) >= 11 is 0. The number of methoxy groups -OCH3 is 1. The first-order chi connectivity index (χ1) is 17.1. The van der Waals surface area contributed by atoms with Gasteiger partial charge in [-0.3, -0.25) is 4.79 Å². The predicted molar refractivity (Wildman–Crippen MR) is 141 cm³/mol. The Hall–Kier alpha value is -3.57. The Morgan fingerprint density at radius 1 is 1.00 bits per heavy atom. The Morgan fingerprint density at radius 3 is 2.46 bits per heavy atom. The molecule has 1 aromatic heterocycles. The van der Waals surface area contributed by atoms with E-state index in [-0.39, 0.29) is 11.8 Å². The minimum Gasteiger partial charge on any atom is -0.494 e. The van der Waals surface area contributed by atoms with Crippen molar-refractivity contribution in [3.63, 3.8) is 0 Å². The number of hydrogen-bond donors (Lipinski definition) is 1. The molecule has 0 unspecified atom stereocenters. The second-order valence-electron chi connectivity index (χ2n) is 8.82. The molecule has 182 valence electrons. The first-order valence-corrected chi connectivity index (χ1v) is 12.2. The summed E-state index contributed by atoms with van der Waals surface area (Å²) in [6.45, 7) is 6.47. The van der Waals surface area contributed by atoms with Crippen molar-refractivity contribution in [1.29, 1.82) is 0 Å². The molecule has 1 atom stereocenters. The van der Waals surface area contributed by atoms with Crippen LogP contribution < -0.4 is 10.1 Å². The molecule has 4 rings (SSSR count). The number of aryl methyl sites for hydroxylation is 1. The van der Waals surface area contributed by atoms with E-state index >= 15 is 0 Å². The van der Waals surface area contributed by atoms with E-state index in [0.717, 1.165) is 23.4 Å². The molecule has 0 aliphatic heterocycles. The van der Waals surface area contributed by atoms with Crippen LogP contribution in [0.4, 0.5) is 0 Å². The minimum absolute atomic E-state index is 0.0105. The van der Waals surface area contributed by atoms with Crippen LogP contribution >= 0.6 is 0 Å². The van der Waals surface area contributed by atoms with Gasteiger partial charge in [0.25, 0.3) is 0 Å². The number of nitrogens with zero attached hydrogens (tertiary/aromatic N) is 1. The molecular formula is C30H34N2O3. The van der Waals surface area contributed by atoms with E-state index in [1.807, 2.05) is 19.1 Å². The zero-order chi connectivity index (χ0) is 24.6. The van der Waals surface area contributed by atoms with Crippen LogP contribution in [-0.2, 0) is 16.1 Å². The first-order valence-electron chi connectivity index (χ1n) is 12.2. The molecule has 4 aromatic rings. The summed E-state index contributed by atoms with van der Waals surface area (Å²) in [7, 11) is 1.64. The Balaban J connectivity index is 1.72. The number of aromatic nitrogens is 1. The highest BCUT2D eigenvalue weighted by molar-refractivity contribution is 5.86. The van der Waals surface area contributed by atoms with Crippen molar-refractivity contribution in [3.05, 3.63) is 101 Å². The normalized spacial score (nSPS) is 12.0. The number of fused-ring (bicyclic) bond motifs is 1. The minimum atomic E-state index is -0.0858. The highest BCUT2D eigenvalue weighted by atomic mass is 16.5. The zero-order valence-electron chi connectivity index (χ0n) is 20.8. The van der Waals surface area contributed by atoms with Crippen molar-refractivity contribution in [2.24, 2.45) is 0 Å². The van der Waals surface area contributed by atoms with E-state index in [1.165, 1.54) is 22.0 Å². The zero-order valence-corrected chi connectivity index (χ0v) is 20.8. The fraction of sp³-hybridized carbons (Fsp3) is 0.300. The fourth-order valence-electron chi connectivity index (χ4n) is 4.49. The number of amides is 1. The largest absolute Gasteiger partial charge is 0.494 e. The third-order valence-corrected chi connectivity index (χ3v) is 6.28. The van der Waals surface area contributed by atoms with E-state index in [1.54, 1.807) is 7.11 Å². The molecule has 1 amide bonds. The van der Waals surface area contributed by atoms with Crippen molar-refractivity contribution in [3.8, 4) is 5.75 Å². The molecule has 0 fully saturated rings. The summed E-state index contributed by atoms with van der Waals surface area (Å²) in [5, 5.41) is 4.16. The van der Waals surface area contributed by atoms with E-state index in [2.05, 4.69) is 83.7 Å². The molecule has 5 heteroatoms. The number of hydrogen-bond acceptors (Lipinski definition) is 3. The lowest BCUT2D eigenvalue weighted by molar-refractivity contribution is -0.121. The standard InChI is InChI=1S/C30H34N2O3/c1-4-35-25-15-13-24(14-16-25)27(19-30(33)31-17-18-34-3)28-21-32(29-8-6-5-7-26(28)29)20-23-11-9-22(2)10-12-23/h5-16,21,27H,4,17-20H2,1-3H3,(H,31,33)/t27-/m0/s1. The summed E-state index contributed by atoms with van der Waals surface area (Å²) in [6, 6.07) is 25.2. The number of rotatable bonds is 11.